The molecule has 0 saturated carbocycles. The molecule has 3 aromatic carbocycles. The zero-order chi connectivity index (χ0) is 22.0. The van der Waals surface area contributed by atoms with Gasteiger partial charge < -0.3 is 10.1 Å². The molecule has 4 rings (SSSR count). The summed E-state index contributed by atoms with van der Waals surface area (Å²) < 4.78 is 5.20. The molecule has 1 heterocycles. The van der Waals surface area contributed by atoms with Crippen molar-refractivity contribution in [3.05, 3.63) is 93.5 Å². The van der Waals surface area contributed by atoms with Crippen LogP contribution < -0.4 is 10.1 Å². The Kier molecular flexibility index (Phi) is 5.51. The maximum Gasteiger partial charge on any atom is 0.271 e. The largest absolute Gasteiger partial charge is 0.497 e. The third kappa shape index (κ3) is 4.17. The second-order valence-electron chi connectivity index (χ2n) is 6.68. The van der Waals surface area contributed by atoms with E-state index >= 15 is 0 Å². The van der Waals surface area contributed by atoms with Crippen LogP contribution in [0.1, 0.15) is 10.4 Å². The van der Waals surface area contributed by atoms with Crippen LogP contribution in [0, 0.1) is 10.1 Å². The first-order chi connectivity index (χ1) is 15.0. The summed E-state index contributed by atoms with van der Waals surface area (Å²) in [6, 6.07) is 20.2. The fraction of sp³-hybridized carbons (Fsp3) is 0.0435. The van der Waals surface area contributed by atoms with E-state index in [0.717, 1.165) is 5.56 Å². The van der Waals surface area contributed by atoms with Crippen molar-refractivity contribution in [1.82, 2.24) is 4.98 Å². The number of nitro groups is 1. The van der Waals surface area contributed by atoms with E-state index in [2.05, 4.69) is 10.3 Å². The van der Waals surface area contributed by atoms with Gasteiger partial charge in [-0.3, -0.25) is 14.9 Å². The Hall–Kier alpha value is -3.97. The topological polar surface area (TPSA) is 94.4 Å². The molecule has 0 aliphatic carbocycles. The smallest absolute Gasteiger partial charge is 0.271 e. The third-order valence-corrected chi connectivity index (χ3v) is 5.09. The SMILES string of the molecule is COc1ccc(-c2cc(C(=O)Nc3cc([N+](=O)[O-])ccc3Cl)c3ccccc3n2)cc1. The van der Waals surface area contributed by atoms with Crippen LogP contribution in [0.4, 0.5) is 11.4 Å². The minimum absolute atomic E-state index is 0.160. The number of hydrogen-bond acceptors (Lipinski definition) is 5. The van der Waals surface area contributed by atoms with Crippen molar-refractivity contribution in [3.8, 4) is 17.0 Å². The average Bonchev–Trinajstić information content (AvgIpc) is 2.79. The summed E-state index contributed by atoms with van der Waals surface area (Å²) >= 11 is 6.14. The lowest BCUT2D eigenvalue weighted by Crippen LogP contribution is -2.13. The summed E-state index contributed by atoms with van der Waals surface area (Å²) in [7, 11) is 1.59. The number of methoxy groups -OCH3 is 1. The third-order valence-electron chi connectivity index (χ3n) is 4.76. The van der Waals surface area contributed by atoms with Crippen LogP contribution in [0.5, 0.6) is 5.75 Å². The number of fused-ring (bicyclic) bond motifs is 1. The average molecular weight is 434 g/mol. The lowest BCUT2D eigenvalue weighted by Gasteiger charge is -2.12. The Bertz CT molecular complexity index is 1310. The van der Waals surface area contributed by atoms with E-state index in [1.165, 1.54) is 18.2 Å². The Labute approximate surface area is 182 Å². The van der Waals surface area contributed by atoms with Crippen molar-refractivity contribution in [1.29, 1.82) is 0 Å². The fourth-order valence-electron chi connectivity index (χ4n) is 3.19. The molecule has 8 heteroatoms. The van der Waals surface area contributed by atoms with E-state index in [0.29, 0.717) is 27.9 Å². The summed E-state index contributed by atoms with van der Waals surface area (Å²) in [5, 5.41) is 14.6. The van der Waals surface area contributed by atoms with Gasteiger partial charge >= 0.3 is 0 Å². The lowest BCUT2D eigenvalue weighted by molar-refractivity contribution is -0.384. The molecule has 0 radical (unpaired) electrons. The molecule has 4 aromatic rings. The normalized spacial score (nSPS) is 10.6. The molecule has 1 aromatic heterocycles. The maximum atomic E-state index is 13.2. The number of non-ortho nitro benzene ring substituents is 1. The van der Waals surface area contributed by atoms with Crippen molar-refractivity contribution in [2.24, 2.45) is 0 Å². The number of para-hydroxylation sites is 1. The van der Waals surface area contributed by atoms with Crippen molar-refractivity contribution >= 4 is 39.8 Å². The van der Waals surface area contributed by atoms with E-state index in [1.54, 1.807) is 19.2 Å². The molecule has 0 spiro atoms. The number of carbonyl (C=O) groups excluding carboxylic acids is 1. The van der Waals surface area contributed by atoms with Crippen LogP contribution in [-0.2, 0) is 0 Å². The number of amides is 1. The number of nitrogens with one attached hydrogen (secondary N) is 1. The number of nitro benzene ring substituents is 1. The Morgan fingerprint density at radius 1 is 1.06 bits per heavy atom. The highest BCUT2D eigenvalue weighted by Crippen LogP contribution is 2.30. The number of hydrogen-bond donors (Lipinski definition) is 1. The molecule has 1 amide bonds. The highest BCUT2D eigenvalue weighted by Gasteiger charge is 2.17. The first kappa shape index (κ1) is 20.3. The predicted molar refractivity (Wildman–Crippen MR) is 120 cm³/mol. The van der Waals surface area contributed by atoms with Gasteiger partial charge in [0.1, 0.15) is 5.75 Å². The summed E-state index contributed by atoms with van der Waals surface area (Å²) in [4.78, 5) is 28.4. The summed E-state index contributed by atoms with van der Waals surface area (Å²) in [5.74, 6) is 0.263. The van der Waals surface area contributed by atoms with Gasteiger partial charge in [0.05, 0.1) is 39.5 Å². The number of anilines is 1. The summed E-state index contributed by atoms with van der Waals surface area (Å²) in [6.45, 7) is 0. The molecule has 0 atom stereocenters. The van der Waals surface area contributed by atoms with Crippen LogP contribution in [-0.4, -0.2) is 22.9 Å². The lowest BCUT2D eigenvalue weighted by atomic mass is 10.0. The first-order valence-corrected chi connectivity index (χ1v) is 9.63. The van der Waals surface area contributed by atoms with E-state index in [-0.39, 0.29) is 16.4 Å². The van der Waals surface area contributed by atoms with Gasteiger partial charge in [-0.1, -0.05) is 29.8 Å². The standard InChI is InChI=1S/C23H16ClN3O4/c1-31-16-9-6-14(7-10-16)21-13-18(17-4-2-3-5-20(17)25-21)23(28)26-22-12-15(27(29)30)8-11-19(22)24/h2-13H,1H3,(H,26,28). The minimum atomic E-state index is -0.546. The molecule has 0 unspecified atom stereocenters. The van der Waals surface area contributed by atoms with E-state index in [4.69, 9.17) is 16.3 Å². The highest BCUT2D eigenvalue weighted by molar-refractivity contribution is 6.34. The molecule has 0 aliphatic heterocycles. The molecule has 0 saturated heterocycles. The van der Waals surface area contributed by atoms with Gasteiger partial charge in [0.2, 0.25) is 0 Å². The Morgan fingerprint density at radius 3 is 2.52 bits per heavy atom. The summed E-state index contributed by atoms with van der Waals surface area (Å²) in [5.41, 5.74) is 2.43. The molecule has 31 heavy (non-hydrogen) atoms. The van der Waals surface area contributed by atoms with Crippen LogP contribution >= 0.6 is 11.6 Å². The number of halogens is 1. The molecular formula is C23H16ClN3O4. The molecule has 0 bridgehead atoms. The number of carbonyl (C=O) groups is 1. The van der Waals surface area contributed by atoms with Crippen LogP contribution in [0.25, 0.3) is 22.2 Å². The molecule has 0 fully saturated rings. The van der Waals surface area contributed by atoms with Gasteiger partial charge in [-0.2, -0.15) is 0 Å². The van der Waals surface area contributed by atoms with Gasteiger partial charge in [0.25, 0.3) is 11.6 Å². The minimum Gasteiger partial charge on any atom is -0.497 e. The molecular weight excluding hydrogens is 418 g/mol. The van der Waals surface area contributed by atoms with Gasteiger partial charge in [-0.25, -0.2) is 4.98 Å². The monoisotopic (exact) mass is 433 g/mol. The van der Waals surface area contributed by atoms with Crippen LogP contribution in [0.3, 0.4) is 0 Å². The number of rotatable bonds is 5. The zero-order valence-corrected chi connectivity index (χ0v) is 17.1. The molecule has 7 nitrogen and oxygen atoms in total. The molecule has 0 aliphatic rings. The van der Waals surface area contributed by atoms with Gasteiger partial charge in [-0.05, 0) is 42.5 Å². The maximum absolute atomic E-state index is 13.2. The van der Waals surface area contributed by atoms with E-state index in [1.807, 2.05) is 42.5 Å². The second-order valence-corrected chi connectivity index (χ2v) is 7.08. The van der Waals surface area contributed by atoms with Gasteiger partial charge in [-0.15, -0.1) is 0 Å². The number of benzene rings is 3. The zero-order valence-electron chi connectivity index (χ0n) is 16.3. The van der Waals surface area contributed by atoms with Crippen LogP contribution in [0.15, 0.2) is 72.8 Å². The van der Waals surface area contributed by atoms with Gasteiger partial charge in [0.15, 0.2) is 0 Å². The fourth-order valence-corrected chi connectivity index (χ4v) is 3.35. The van der Waals surface area contributed by atoms with Crippen molar-refractivity contribution in [2.75, 3.05) is 12.4 Å². The van der Waals surface area contributed by atoms with Crippen LogP contribution in [0.2, 0.25) is 5.02 Å². The van der Waals surface area contributed by atoms with Crippen molar-refractivity contribution in [2.45, 2.75) is 0 Å². The first-order valence-electron chi connectivity index (χ1n) is 9.26. The Balaban J connectivity index is 1.78. The van der Waals surface area contributed by atoms with Gasteiger partial charge in [0, 0.05) is 23.1 Å². The Morgan fingerprint density at radius 2 is 1.81 bits per heavy atom. The highest BCUT2D eigenvalue weighted by atomic mass is 35.5. The number of pyridine rings is 1. The number of ether oxygens (including phenoxy) is 1. The van der Waals surface area contributed by atoms with Crippen molar-refractivity contribution < 1.29 is 14.5 Å². The van der Waals surface area contributed by atoms with Crippen molar-refractivity contribution in [3.63, 3.8) is 0 Å². The predicted octanol–water partition coefficient (Wildman–Crippen LogP) is 5.72. The number of nitrogens with zero attached hydrogens (tertiary/aromatic N) is 2. The quantitative estimate of drug-likeness (QED) is 0.320. The second kappa shape index (κ2) is 8.41. The number of aromatic nitrogens is 1. The molecule has 1 N–H and O–H groups in total. The van der Waals surface area contributed by atoms with E-state index in [9.17, 15) is 14.9 Å². The summed E-state index contributed by atoms with van der Waals surface area (Å²) in [6.07, 6.45) is 0. The van der Waals surface area contributed by atoms with E-state index < -0.39 is 10.8 Å². The molecule has 154 valence electrons.